The number of aromatic amines is 1. The van der Waals surface area contributed by atoms with Gasteiger partial charge in [0, 0.05) is 11.6 Å². The lowest BCUT2D eigenvalue weighted by molar-refractivity contribution is 0.315. The van der Waals surface area contributed by atoms with Gasteiger partial charge in [0.1, 0.15) is 28.7 Å². The summed E-state index contributed by atoms with van der Waals surface area (Å²) in [5, 5.41) is 17.2. The zero-order chi connectivity index (χ0) is 17.6. The first-order chi connectivity index (χ1) is 12.2. The molecule has 0 atom stereocenters. The van der Waals surface area contributed by atoms with Crippen LogP contribution in [0.5, 0.6) is 28.7 Å². The maximum atomic E-state index is 10.3. The summed E-state index contributed by atoms with van der Waals surface area (Å²) in [5.41, 5.74) is 1.18. The highest BCUT2D eigenvalue weighted by molar-refractivity contribution is 5.73. The molecule has 6 heteroatoms. The third-order valence-corrected chi connectivity index (χ3v) is 3.60. The lowest BCUT2D eigenvalue weighted by Crippen LogP contribution is -1.95. The third kappa shape index (κ3) is 3.85. The van der Waals surface area contributed by atoms with Gasteiger partial charge in [-0.1, -0.05) is 6.92 Å². The van der Waals surface area contributed by atoms with Gasteiger partial charge in [-0.15, -0.1) is 0 Å². The Labute approximate surface area is 146 Å². The molecule has 0 saturated heterocycles. The molecule has 2 N–H and O–H groups in total. The van der Waals surface area contributed by atoms with Crippen LogP contribution in [0.4, 0.5) is 0 Å². The molecule has 0 fully saturated rings. The van der Waals surface area contributed by atoms with E-state index in [9.17, 15) is 5.11 Å². The van der Waals surface area contributed by atoms with Crippen molar-refractivity contribution in [2.24, 2.45) is 0 Å². The van der Waals surface area contributed by atoms with Crippen molar-refractivity contribution in [2.75, 3.05) is 13.7 Å². The second-order valence-corrected chi connectivity index (χ2v) is 5.41. The van der Waals surface area contributed by atoms with Gasteiger partial charge in [-0.05, 0) is 42.8 Å². The summed E-state index contributed by atoms with van der Waals surface area (Å²) < 4.78 is 16.5. The van der Waals surface area contributed by atoms with Crippen molar-refractivity contribution in [3.63, 3.8) is 0 Å². The Morgan fingerprint density at radius 2 is 1.76 bits per heavy atom. The predicted molar refractivity (Wildman–Crippen MR) is 94.5 cm³/mol. The summed E-state index contributed by atoms with van der Waals surface area (Å²) in [6.45, 7) is 2.64. The van der Waals surface area contributed by atoms with Crippen LogP contribution in [-0.4, -0.2) is 29.0 Å². The summed E-state index contributed by atoms with van der Waals surface area (Å²) in [7, 11) is 1.61. The number of H-pyrrole nitrogens is 1. The monoisotopic (exact) mass is 340 g/mol. The minimum Gasteiger partial charge on any atom is -0.507 e. The molecule has 0 aliphatic rings. The van der Waals surface area contributed by atoms with Crippen LogP contribution in [0.3, 0.4) is 0 Å². The van der Waals surface area contributed by atoms with Crippen LogP contribution in [-0.2, 0) is 0 Å². The van der Waals surface area contributed by atoms with Crippen LogP contribution in [0.15, 0.2) is 48.7 Å². The molecule has 0 spiro atoms. The molecule has 6 nitrogen and oxygen atoms in total. The molecule has 1 aromatic heterocycles. The number of ether oxygens (including phenoxy) is 3. The van der Waals surface area contributed by atoms with Gasteiger partial charge in [0.25, 0.3) is 0 Å². The summed E-state index contributed by atoms with van der Waals surface area (Å²) >= 11 is 0. The molecule has 0 unspecified atom stereocenters. The van der Waals surface area contributed by atoms with E-state index < -0.39 is 0 Å². The van der Waals surface area contributed by atoms with Gasteiger partial charge >= 0.3 is 0 Å². The normalized spacial score (nSPS) is 10.5. The summed E-state index contributed by atoms with van der Waals surface area (Å²) in [4.78, 5) is 0. The van der Waals surface area contributed by atoms with Crippen molar-refractivity contribution >= 4 is 0 Å². The van der Waals surface area contributed by atoms with Crippen molar-refractivity contribution < 1.29 is 19.3 Å². The van der Waals surface area contributed by atoms with Crippen LogP contribution in [0.1, 0.15) is 13.3 Å². The third-order valence-electron chi connectivity index (χ3n) is 3.60. The van der Waals surface area contributed by atoms with E-state index in [4.69, 9.17) is 14.2 Å². The molecule has 1 heterocycles. The zero-order valence-electron chi connectivity index (χ0n) is 14.2. The fraction of sp³-hybridized carbons (Fsp3) is 0.211. The van der Waals surface area contributed by atoms with E-state index in [1.54, 1.807) is 37.6 Å². The zero-order valence-corrected chi connectivity index (χ0v) is 14.2. The number of aromatic nitrogens is 2. The Morgan fingerprint density at radius 3 is 2.44 bits per heavy atom. The second kappa shape index (κ2) is 7.61. The Morgan fingerprint density at radius 1 is 1.04 bits per heavy atom. The average Bonchev–Trinajstić information content (AvgIpc) is 3.08. The lowest BCUT2D eigenvalue weighted by atomic mass is 10.1. The molecule has 3 rings (SSSR count). The van der Waals surface area contributed by atoms with Crippen LogP contribution >= 0.6 is 0 Å². The van der Waals surface area contributed by atoms with Crippen molar-refractivity contribution in [3.8, 4) is 40.0 Å². The quantitative estimate of drug-likeness (QED) is 0.668. The summed E-state index contributed by atoms with van der Waals surface area (Å²) in [6.07, 6.45) is 2.48. The molecule has 25 heavy (non-hydrogen) atoms. The molecule has 0 aliphatic carbocycles. The first kappa shape index (κ1) is 16.7. The first-order valence-electron chi connectivity index (χ1n) is 8.02. The number of aromatic hydroxyl groups is 1. The van der Waals surface area contributed by atoms with E-state index in [1.807, 2.05) is 25.1 Å². The molecule has 0 bridgehead atoms. The number of benzene rings is 2. The van der Waals surface area contributed by atoms with Gasteiger partial charge in [0.2, 0.25) is 0 Å². The number of methoxy groups -OCH3 is 1. The first-order valence-corrected chi connectivity index (χ1v) is 8.02. The number of hydrogen-bond acceptors (Lipinski definition) is 5. The minimum atomic E-state index is 0.0948. The number of phenolic OH excluding ortho intramolecular Hbond substituents is 1. The standard InChI is InChI=1S/C19H20N2O4/c1-3-10-24-15-8-9-16(17(22)11-15)19-18(12-20-21-19)25-14-6-4-13(23-2)5-7-14/h4-9,11-12,22H,3,10H2,1-2H3,(H,20,21). The van der Waals surface area contributed by atoms with Gasteiger partial charge in [-0.25, -0.2) is 0 Å². The predicted octanol–water partition coefficient (Wildman–Crippen LogP) is 4.37. The largest absolute Gasteiger partial charge is 0.507 e. The van der Waals surface area contributed by atoms with Gasteiger partial charge in [-0.3, -0.25) is 5.10 Å². The number of rotatable bonds is 7. The van der Waals surface area contributed by atoms with Crippen molar-refractivity contribution in [3.05, 3.63) is 48.7 Å². The summed E-state index contributed by atoms with van der Waals surface area (Å²) in [6, 6.07) is 12.4. The SMILES string of the molecule is CCCOc1ccc(-c2[nH]ncc2Oc2ccc(OC)cc2)c(O)c1. The van der Waals surface area contributed by atoms with Gasteiger partial charge in [0.05, 0.1) is 19.9 Å². The fourth-order valence-corrected chi connectivity index (χ4v) is 2.35. The topological polar surface area (TPSA) is 76.6 Å². The highest BCUT2D eigenvalue weighted by Gasteiger charge is 2.14. The van der Waals surface area contributed by atoms with E-state index in [0.29, 0.717) is 35.1 Å². The fourth-order valence-electron chi connectivity index (χ4n) is 2.35. The van der Waals surface area contributed by atoms with E-state index in [1.165, 1.54) is 0 Å². The van der Waals surface area contributed by atoms with Crippen molar-refractivity contribution in [1.29, 1.82) is 0 Å². The van der Waals surface area contributed by atoms with Gasteiger partial charge < -0.3 is 19.3 Å². The Balaban J connectivity index is 1.83. The Kier molecular flexibility index (Phi) is 5.09. The van der Waals surface area contributed by atoms with E-state index in [0.717, 1.165) is 12.2 Å². The molecule has 2 aromatic carbocycles. The maximum Gasteiger partial charge on any atom is 0.173 e. The Hall–Kier alpha value is -3.15. The molecular formula is C19H20N2O4. The van der Waals surface area contributed by atoms with E-state index >= 15 is 0 Å². The average molecular weight is 340 g/mol. The number of phenols is 1. The molecule has 0 radical (unpaired) electrons. The van der Waals surface area contributed by atoms with Gasteiger partial charge in [0.15, 0.2) is 5.75 Å². The smallest absolute Gasteiger partial charge is 0.173 e. The second-order valence-electron chi connectivity index (χ2n) is 5.41. The van der Waals surface area contributed by atoms with Crippen molar-refractivity contribution in [2.45, 2.75) is 13.3 Å². The Bertz CT molecular complexity index is 828. The molecule has 0 amide bonds. The van der Waals surface area contributed by atoms with Crippen LogP contribution in [0.2, 0.25) is 0 Å². The highest BCUT2D eigenvalue weighted by atomic mass is 16.5. The van der Waals surface area contributed by atoms with Crippen LogP contribution in [0, 0.1) is 0 Å². The molecular weight excluding hydrogens is 320 g/mol. The summed E-state index contributed by atoms with van der Waals surface area (Å²) in [5.74, 6) is 2.63. The lowest BCUT2D eigenvalue weighted by Gasteiger charge is -2.10. The molecule has 0 saturated carbocycles. The number of hydrogen-bond donors (Lipinski definition) is 2. The van der Waals surface area contributed by atoms with Crippen LogP contribution in [0.25, 0.3) is 11.3 Å². The van der Waals surface area contributed by atoms with Crippen LogP contribution < -0.4 is 14.2 Å². The van der Waals surface area contributed by atoms with E-state index in [-0.39, 0.29) is 5.75 Å². The molecule has 130 valence electrons. The van der Waals surface area contributed by atoms with Gasteiger partial charge in [-0.2, -0.15) is 5.10 Å². The highest BCUT2D eigenvalue weighted by Crippen LogP contribution is 2.38. The minimum absolute atomic E-state index is 0.0948. The number of nitrogens with one attached hydrogen (secondary N) is 1. The molecule has 0 aliphatic heterocycles. The number of nitrogens with zero attached hydrogens (tertiary/aromatic N) is 1. The molecule has 3 aromatic rings. The maximum absolute atomic E-state index is 10.3. The van der Waals surface area contributed by atoms with Crippen molar-refractivity contribution in [1.82, 2.24) is 10.2 Å². The van der Waals surface area contributed by atoms with E-state index in [2.05, 4.69) is 10.2 Å².